The first kappa shape index (κ1) is 13.3. The van der Waals surface area contributed by atoms with E-state index in [1.54, 1.807) is 13.8 Å². The number of primary amides is 1. The van der Waals surface area contributed by atoms with Crippen molar-refractivity contribution in [3.05, 3.63) is 11.4 Å². The van der Waals surface area contributed by atoms with Crippen LogP contribution in [0.4, 0.5) is 5.95 Å². The highest BCUT2D eigenvalue weighted by atomic mass is 16.1. The van der Waals surface area contributed by atoms with Crippen LogP contribution >= 0.6 is 0 Å². The number of carbonyl (C=O) groups excluding carboxylic acids is 1. The fourth-order valence-corrected chi connectivity index (χ4v) is 1.33. The normalized spacial score (nSPS) is 11.3. The molecule has 3 N–H and O–H groups in total. The van der Waals surface area contributed by atoms with Crippen LogP contribution in [0.5, 0.6) is 0 Å². The molecular formula is C11H19N5O. The minimum atomic E-state index is -0.888. The Morgan fingerprint density at radius 1 is 1.24 bits per heavy atom. The molecule has 0 aliphatic heterocycles. The number of nitrogens with two attached hydrogens (primary N) is 1. The number of anilines is 1. The molecule has 0 radical (unpaired) electrons. The van der Waals surface area contributed by atoms with Gasteiger partial charge in [0, 0.05) is 0 Å². The highest BCUT2D eigenvalue weighted by Crippen LogP contribution is 2.12. The van der Waals surface area contributed by atoms with Crippen LogP contribution < -0.4 is 11.1 Å². The maximum Gasteiger partial charge on any atom is 0.243 e. The summed E-state index contributed by atoms with van der Waals surface area (Å²) in [6.45, 7) is 7.37. The van der Waals surface area contributed by atoms with Gasteiger partial charge in [-0.15, -0.1) is 5.10 Å². The monoisotopic (exact) mass is 237 g/mol. The van der Waals surface area contributed by atoms with Gasteiger partial charge < -0.3 is 11.1 Å². The molecule has 0 saturated heterocycles. The number of hydrogen-bond acceptors (Lipinski definition) is 5. The van der Waals surface area contributed by atoms with Gasteiger partial charge in [-0.1, -0.05) is 13.8 Å². The van der Waals surface area contributed by atoms with Gasteiger partial charge in [-0.25, -0.2) is 4.98 Å². The second kappa shape index (κ2) is 5.07. The van der Waals surface area contributed by atoms with Crippen molar-refractivity contribution in [3.63, 3.8) is 0 Å². The first-order valence-electron chi connectivity index (χ1n) is 5.71. The molecule has 0 aliphatic carbocycles. The number of hydrogen-bond donors (Lipinski definition) is 2. The van der Waals surface area contributed by atoms with Crippen LogP contribution in [0.1, 0.15) is 39.1 Å². The van der Waals surface area contributed by atoms with Crippen molar-refractivity contribution in [1.29, 1.82) is 0 Å². The highest BCUT2D eigenvalue weighted by molar-refractivity contribution is 5.86. The molecule has 0 saturated carbocycles. The number of aromatic nitrogens is 3. The Hall–Kier alpha value is -1.72. The van der Waals surface area contributed by atoms with E-state index in [1.165, 1.54) is 0 Å². The van der Waals surface area contributed by atoms with E-state index in [2.05, 4.69) is 20.5 Å². The van der Waals surface area contributed by atoms with E-state index in [0.717, 1.165) is 24.2 Å². The molecule has 0 bridgehead atoms. The van der Waals surface area contributed by atoms with E-state index >= 15 is 0 Å². The average Bonchev–Trinajstić information content (AvgIpc) is 2.28. The third-order valence-electron chi connectivity index (χ3n) is 2.55. The molecule has 0 atom stereocenters. The Morgan fingerprint density at radius 2 is 1.82 bits per heavy atom. The van der Waals surface area contributed by atoms with Gasteiger partial charge in [0.1, 0.15) is 5.54 Å². The van der Waals surface area contributed by atoms with Gasteiger partial charge in [-0.2, -0.15) is 5.10 Å². The maximum atomic E-state index is 11.2. The van der Waals surface area contributed by atoms with Gasteiger partial charge in [0.25, 0.3) is 0 Å². The maximum absolute atomic E-state index is 11.2. The van der Waals surface area contributed by atoms with Crippen molar-refractivity contribution >= 4 is 11.9 Å². The molecule has 0 unspecified atom stereocenters. The fraction of sp³-hybridized carbons (Fsp3) is 0.636. The largest absolute Gasteiger partial charge is 0.368 e. The molecule has 0 aromatic carbocycles. The lowest BCUT2D eigenvalue weighted by Gasteiger charge is -2.22. The van der Waals surface area contributed by atoms with Gasteiger partial charge in [0.15, 0.2) is 0 Å². The predicted octanol–water partition coefficient (Wildman–Crippen LogP) is 0.672. The zero-order valence-corrected chi connectivity index (χ0v) is 10.7. The topological polar surface area (TPSA) is 93.8 Å². The van der Waals surface area contributed by atoms with E-state index in [-0.39, 0.29) is 0 Å². The molecule has 1 heterocycles. The van der Waals surface area contributed by atoms with Crippen LogP contribution in [0.2, 0.25) is 0 Å². The number of amides is 1. The second-order valence-electron chi connectivity index (χ2n) is 4.35. The molecule has 6 nitrogen and oxygen atoms in total. The van der Waals surface area contributed by atoms with Gasteiger partial charge >= 0.3 is 0 Å². The molecule has 0 fully saturated rings. The van der Waals surface area contributed by atoms with Crippen molar-refractivity contribution in [2.45, 2.75) is 46.1 Å². The molecule has 1 aromatic rings. The minimum absolute atomic E-state index is 0.336. The van der Waals surface area contributed by atoms with Crippen molar-refractivity contribution in [2.24, 2.45) is 5.73 Å². The Balaban J connectivity index is 2.97. The van der Waals surface area contributed by atoms with E-state index < -0.39 is 11.4 Å². The fourth-order valence-electron chi connectivity index (χ4n) is 1.33. The third kappa shape index (κ3) is 3.12. The van der Waals surface area contributed by atoms with E-state index in [1.807, 2.05) is 13.8 Å². The van der Waals surface area contributed by atoms with Crippen LogP contribution in [0, 0.1) is 0 Å². The number of carbonyl (C=O) groups is 1. The summed E-state index contributed by atoms with van der Waals surface area (Å²) >= 11 is 0. The average molecular weight is 237 g/mol. The summed E-state index contributed by atoms with van der Waals surface area (Å²) in [5, 5.41) is 10.9. The highest BCUT2D eigenvalue weighted by Gasteiger charge is 2.25. The van der Waals surface area contributed by atoms with Crippen LogP contribution in [0.25, 0.3) is 0 Å². The molecule has 1 aromatic heterocycles. The standard InChI is InChI=1S/C11H19N5O/c1-5-7-8(6-2)15-16-10(13-7)14-11(3,4)9(12)17/h5-6H2,1-4H3,(H2,12,17)(H,13,14,16). The number of aryl methyl sites for hydroxylation is 2. The first-order chi connectivity index (χ1) is 7.90. The molecule has 17 heavy (non-hydrogen) atoms. The van der Waals surface area contributed by atoms with Gasteiger partial charge in [0.05, 0.1) is 11.4 Å². The van der Waals surface area contributed by atoms with Crippen molar-refractivity contribution < 1.29 is 4.79 Å². The zero-order valence-electron chi connectivity index (χ0n) is 10.7. The Morgan fingerprint density at radius 3 is 2.29 bits per heavy atom. The summed E-state index contributed by atoms with van der Waals surface area (Å²) in [4.78, 5) is 15.5. The summed E-state index contributed by atoms with van der Waals surface area (Å²) in [7, 11) is 0. The van der Waals surface area contributed by atoms with Crippen molar-refractivity contribution in [2.75, 3.05) is 5.32 Å². The number of nitrogens with one attached hydrogen (secondary N) is 1. The summed E-state index contributed by atoms with van der Waals surface area (Å²) in [6.07, 6.45) is 1.58. The van der Waals surface area contributed by atoms with E-state index in [9.17, 15) is 4.79 Å². The molecule has 1 rings (SSSR count). The molecule has 94 valence electrons. The van der Waals surface area contributed by atoms with E-state index in [4.69, 9.17) is 5.73 Å². The third-order valence-corrected chi connectivity index (χ3v) is 2.55. The summed E-state index contributed by atoms with van der Waals surface area (Å²) in [5.41, 5.74) is 6.16. The van der Waals surface area contributed by atoms with Crippen LogP contribution in [-0.4, -0.2) is 26.6 Å². The van der Waals surface area contributed by atoms with Crippen LogP contribution in [-0.2, 0) is 17.6 Å². The predicted molar refractivity (Wildman–Crippen MR) is 65.5 cm³/mol. The number of rotatable bonds is 5. The van der Waals surface area contributed by atoms with Crippen LogP contribution in [0.3, 0.4) is 0 Å². The van der Waals surface area contributed by atoms with Crippen molar-refractivity contribution in [1.82, 2.24) is 15.2 Å². The molecule has 6 heteroatoms. The second-order valence-corrected chi connectivity index (χ2v) is 4.35. The lowest BCUT2D eigenvalue weighted by molar-refractivity contribution is -0.121. The van der Waals surface area contributed by atoms with Gasteiger partial charge in [-0.05, 0) is 26.7 Å². The minimum Gasteiger partial charge on any atom is -0.368 e. The Kier molecular flexibility index (Phi) is 3.98. The van der Waals surface area contributed by atoms with Crippen LogP contribution in [0.15, 0.2) is 0 Å². The summed E-state index contributed by atoms with van der Waals surface area (Å²) < 4.78 is 0. The zero-order chi connectivity index (χ0) is 13.1. The molecular weight excluding hydrogens is 218 g/mol. The lowest BCUT2D eigenvalue weighted by Crippen LogP contribution is -2.45. The molecule has 1 amide bonds. The molecule has 0 aliphatic rings. The quantitative estimate of drug-likeness (QED) is 0.785. The van der Waals surface area contributed by atoms with Gasteiger partial charge in [0.2, 0.25) is 11.9 Å². The Bertz CT molecular complexity index is 416. The summed E-state index contributed by atoms with van der Waals surface area (Å²) in [5.74, 6) is -0.124. The SMILES string of the molecule is CCc1nnc(NC(C)(C)C(N)=O)nc1CC. The first-order valence-corrected chi connectivity index (χ1v) is 5.71. The smallest absolute Gasteiger partial charge is 0.243 e. The Labute approximate surface area is 101 Å². The molecule has 0 spiro atoms. The van der Waals surface area contributed by atoms with Gasteiger partial charge in [-0.3, -0.25) is 4.79 Å². The lowest BCUT2D eigenvalue weighted by atomic mass is 10.1. The summed E-state index contributed by atoms with van der Waals surface area (Å²) in [6, 6.07) is 0. The van der Waals surface area contributed by atoms with Crippen molar-refractivity contribution in [3.8, 4) is 0 Å². The number of nitrogens with zero attached hydrogens (tertiary/aromatic N) is 3. The van der Waals surface area contributed by atoms with E-state index in [0.29, 0.717) is 5.95 Å².